The largest absolute Gasteiger partial charge is 0.495 e. The van der Waals surface area contributed by atoms with Gasteiger partial charge in [0.25, 0.3) is 5.97 Å². The van der Waals surface area contributed by atoms with Crippen LogP contribution in [0, 0.1) is 12.2 Å². The van der Waals surface area contributed by atoms with E-state index in [1.807, 2.05) is 0 Å². The van der Waals surface area contributed by atoms with E-state index in [1.54, 1.807) is 6.92 Å². The van der Waals surface area contributed by atoms with E-state index in [0.29, 0.717) is 31.8 Å². The van der Waals surface area contributed by atoms with E-state index in [0.717, 1.165) is 11.8 Å². The van der Waals surface area contributed by atoms with E-state index in [1.165, 1.54) is 13.8 Å². The van der Waals surface area contributed by atoms with Crippen LogP contribution in [0.1, 0.15) is 42.0 Å². The van der Waals surface area contributed by atoms with E-state index in [9.17, 15) is 28.8 Å². The maximum Gasteiger partial charge on any atom is 0.305 e. The number of hydrogen-bond acceptors (Lipinski definition) is 11. The number of aliphatic carboxylic acids is 2. The Balaban J connectivity index is -0.000000147. The van der Waals surface area contributed by atoms with Crippen molar-refractivity contribution in [1.82, 2.24) is 4.90 Å². The van der Waals surface area contributed by atoms with Gasteiger partial charge in [-0.3, -0.25) is 24.0 Å². The average Bonchev–Trinajstić information content (AvgIpc) is 3.20. The molecule has 2 rings (SSSR count). The fourth-order valence-electron chi connectivity index (χ4n) is 1.99. The van der Waals surface area contributed by atoms with Gasteiger partial charge in [0.15, 0.2) is 5.97 Å². The van der Waals surface area contributed by atoms with Crippen molar-refractivity contribution < 1.29 is 125 Å². The number of Topliss-reactive ketones (excluding diaryl/α,β-unsaturated/α-hetero) is 1. The van der Waals surface area contributed by atoms with Crippen molar-refractivity contribution >= 4 is 41.5 Å². The summed E-state index contributed by atoms with van der Waals surface area (Å²) in [5, 5.41) is 15.5. The van der Waals surface area contributed by atoms with Crippen LogP contribution in [0.3, 0.4) is 0 Å². The van der Waals surface area contributed by atoms with Crippen molar-refractivity contribution in [2.45, 2.75) is 40.5 Å². The summed E-state index contributed by atoms with van der Waals surface area (Å²) in [6, 6.07) is 0. The van der Waals surface area contributed by atoms with Crippen molar-refractivity contribution in [1.29, 1.82) is 0 Å². The molecule has 2 amide bonds. The Morgan fingerprint density at radius 1 is 0.897 bits per heavy atom. The maximum absolute atomic E-state index is 11.4. The predicted octanol–water partition coefficient (Wildman–Crippen LogP) is -0.312. The monoisotopic (exact) mass is 709 g/mol. The molecule has 216 valence electrons. The van der Waals surface area contributed by atoms with Crippen molar-refractivity contribution in [3.05, 3.63) is 23.3 Å². The summed E-state index contributed by atoms with van der Waals surface area (Å²) in [6.45, 7) is 7.52. The molecule has 16 heteroatoms. The zero-order chi connectivity index (χ0) is 29.0. The molecule has 0 aromatic carbocycles. The Hall–Kier alpha value is -1.54. The number of carboxylic acids is 2. The number of carbonyl (C=O) groups excluding carboxylic acids is 5. The molecule has 0 bridgehead atoms. The second-order valence-electron chi connectivity index (χ2n) is 7.07. The maximum atomic E-state index is 11.4. The number of carboxylic acid groups (broad SMARTS) is 2. The Labute approximate surface area is 278 Å². The minimum Gasteiger partial charge on any atom is -0.495 e. The van der Waals surface area contributed by atoms with Gasteiger partial charge in [0, 0.05) is 93.3 Å². The Kier molecular flexibility index (Phi) is 30.4. The number of ether oxygens (including phenoxy) is 3. The molecule has 39 heavy (non-hydrogen) atoms. The fraction of sp³-hybridized carbons (Fsp3) is 0.522. The Morgan fingerprint density at radius 2 is 1.41 bits per heavy atom. The smallest absolute Gasteiger partial charge is 0.305 e. The summed E-state index contributed by atoms with van der Waals surface area (Å²) in [5.41, 5.74) is 5.65. The van der Waals surface area contributed by atoms with Crippen molar-refractivity contribution in [2.24, 2.45) is 5.73 Å². The second-order valence-corrected chi connectivity index (χ2v) is 7.07. The predicted molar refractivity (Wildman–Crippen MR) is 126 cm³/mol. The molecule has 0 fully saturated rings. The standard InChI is InChI=1S/C11H14NO4.C5H11NO3.C5H3O3.C2H4O2.2Y.H2/c1-8-7-10(14)12(11(8)15)4-6-16-5-3-9(2)13;6-2-4-9-3-1-5(7)8;1-3-2-4(6)8-5(3)7;1-2(3)4;;;/h3-6H2,1-2H3;1-4,6H2,(H,7,8);1H3;1H3,(H,3,4);;;1H/q-1;;-1;;;;/i;;;;;;1+1. The number of amides is 2. The first-order valence-corrected chi connectivity index (χ1v) is 10.8. The molecule has 0 spiro atoms. The van der Waals surface area contributed by atoms with Crippen LogP contribution in [0.15, 0.2) is 11.1 Å². The third kappa shape index (κ3) is 26.4. The third-order valence-corrected chi connectivity index (χ3v) is 3.67. The number of ketones is 1. The van der Waals surface area contributed by atoms with Crippen LogP contribution in [0.5, 0.6) is 0 Å². The van der Waals surface area contributed by atoms with Gasteiger partial charge in [-0.15, -0.1) is 5.57 Å². The van der Waals surface area contributed by atoms with Gasteiger partial charge < -0.3 is 44.6 Å². The van der Waals surface area contributed by atoms with Gasteiger partial charge in [-0.1, -0.05) is 13.8 Å². The first kappa shape index (κ1) is 44.5. The van der Waals surface area contributed by atoms with Crippen LogP contribution in [0.2, 0.25) is 0 Å². The number of nitrogens with two attached hydrogens (primary N) is 1. The van der Waals surface area contributed by atoms with E-state index in [-0.39, 0.29) is 110 Å². The average molecular weight is 709 g/mol. The molecule has 0 unspecified atom stereocenters. The topological polar surface area (TPSA) is 217 Å². The zero-order valence-electron chi connectivity index (χ0n) is 22.3. The number of carbonyl (C=O) groups is 7. The van der Waals surface area contributed by atoms with E-state index < -0.39 is 29.8 Å². The van der Waals surface area contributed by atoms with Gasteiger partial charge >= 0.3 is 5.97 Å². The number of rotatable bonds is 11. The molecule has 14 nitrogen and oxygen atoms in total. The molecule has 0 aliphatic carbocycles. The molecule has 0 saturated carbocycles. The number of hydrogen-bond donors (Lipinski definition) is 3. The minimum atomic E-state index is -0.841. The van der Waals surface area contributed by atoms with Crippen molar-refractivity contribution in [2.75, 3.05) is 39.5 Å². The molecule has 0 saturated heterocycles. The van der Waals surface area contributed by atoms with Crippen molar-refractivity contribution in [3.8, 4) is 0 Å². The summed E-state index contributed by atoms with van der Waals surface area (Å²) in [5.74, 6) is -3.63. The first-order valence-electron chi connectivity index (χ1n) is 10.8. The number of cyclic esters (lactones) is 2. The van der Waals surface area contributed by atoms with Gasteiger partial charge in [0.2, 0.25) is 5.97 Å². The van der Waals surface area contributed by atoms with Crippen LogP contribution in [0.25, 0.3) is 0 Å². The summed E-state index contributed by atoms with van der Waals surface area (Å²) in [7, 11) is 0. The third-order valence-electron chi connectivity index (χ3n) is 3.67. The van der Waals surface area contributed by atoms with Gasteiger partial charge in [-0.25, -0.2) is 0 Å². The van der Waals surface area contributed by atoms with Gasteiger partial charge in [-0.05, 0) is 6.92 Å². The molecule has 4 N–H and O–H groups in total. The normalized spacial score (nSPS) is 13.0. The molecular weight excluding hydrogens is 674 g/mol. The van der Waals surface area contributed by atoms with Gasteiger partial charge in [0.1, 0.15) is 11.7 Å². The summed E-state index contributed by atoms with van der Waals surface area (Å²) in [6.07, 6.45) is 5.00. The van der Waals surface area contributed by atoms with Gasteiger partial charge in [-0.2, -0.15) is 17.7 Å². The molecular formula is C23H34N2O12Y2-2. The molecule has 2 heterocycles. The summed E-state index contributed by atoms with van der Waals surface area (Å²) >= 11 is 0. The molecule has 2 aliphatic rings. The van der Waals surface area contributed by atoms with Crippen molar-refractivity contribution in [3.63, 3.8) is 0 Å². The zero-order valence-corrected chi connectivity index (χ0v) is 28.0. The van der Waals surface area contributed by atoms with Crippen LogP contribution in [-0.4, -0.2) is 96.1 Å². The number of nitrogens with zero attached hydrogens (tertiary/aromatic N) is 1. The summed E-state index contributed by atoms with van der Waals surface area (Å²) in [4.78, 5) is 73.5. The van der Waals surface area contributed by atoms with E-state index in [2.05, 4.69) is 16.9 Å². The second kappa shape index (κ2) is 26.7. The molecule has 2 radical (unpaired) electrons. The molecule has 0 aromatic rings. The van der Waals surface area contributed by atoms with E-state index in [4.69, 9.17) is 30.2 Å². The SMILES string of the molecule is CC(=O)CCOCCN1C(=O)[C-]=C(C)C1=O.CC(=O)O.CC1=[C-]C(=O)OC1=O.NCCOCCC(=O)O.[2HH].[Y].[Y]. The summed E-state index contributed by atoms with van der Waals surface area (Å²) < 4.78 is 14.0. The molecule has 2 aliphatic heterocycles. The molecule has 0 atom stereocenters. The van der Waals surface area contributed by atoms with Gasteiger partial charge in [0.05, 0.1) is 38.8 Å². The van der Waals surface area contributed by atoms with Crippen LogP contribution in [0.4, 0.5) is 0 Å². The van der Waals surface area contributed by atoms with Crippen LogP contribution in [-0.2, 0) is 113 Å². The number of imide groups is 1. The van der Waals surface area contributed by atoms with E-state index >= 15 is 0 Å². The first-order chi connectivity index (χ1) is 17.2. The van der Waals surface area contributed by atoms with Crippen LogP contribution >= 0.6 is 0 Å². The number of esters is 2. The van der Waals surface area contributed by atoms with Crippen LogP contribution < -0.4 is 5.73 Å². The quantitative estimate of drug-likeness (QED) is 0.0826. The fourth-order valence-corrected chi connectivity index (χ4v) is 1.99. The Morgan fingerprint density at radius 3 is 1.74 bits per heavy atom. The molecule has 0 aromatic heterocycles. The Bertz CT molecular complexity index is 906. The minimum absolute atomic E-state index is 0.